The Bertz CT molecular complexity index is 886. The third kappa shape index (κ3) is 6.58. The second-order valence-corrected chi connectivity index (χ2v) is 6.44. The third-order valence-electron chi connectivity index (χ3n) is 3.88. The van der Waals surface area contributed by atoms with Crippen LogP contribution in [0.5, 0.6) is 11.5 Å². The number of hydrogen-bond acceptors (Lipinski definition) is 5. The lowest BCUT2D eigenvalue weighted by Gasteiger charge is -2.21. The van der Waals surface area contributed by atoms with E-state index in [1.807, 2.05) is 39.0 Å². The van der Waals surface area contributed by atoms with Gasteiger partial charge in [-0.05, 0) is 58.9 Å². The minimum Gasteiger partial charge on any atom is -0.487 e. The highest BCUT2D eigenvalue weighted by Gasteiger charge is 2.29. The Balaban J connectivity index is 0.00000204. The number of ether oxygens (including phenoxy) is 2. The molecule has 0 bridgehead atoms. The van der Waals surface area contributed by atoms with Gasteiger partial charge in [0.1, 0.15) is 29.6 Å². The zero-order chi connectivity index (χ0) is 22.0. The van der Waals surface area contributed by atoms with Gasteiger partial charge in [0.05, 0.1) is 0 Å². The lowest BCUT2D eigenvalue weighted by Crippen LogP contribution is -2.37. The Morgan fingerprint density at radius 3 is 2.31 bits per heavy atom. The van der Waals surface area contributed by atoms with Gasteiger partial charge in [-0.15, -0.1) is 12.8 Å². The average molecular weight is 397 g/mol. The van der Waals surface area contributed by atoms with E-state index in [9.17, 15) is 4.79 Å². The van der Waals surface area contributed by atoms with Crippen LogP contribution in [0.4, 0.5) is 0 Å². The van der Waals surface area contributed by atoms with Crippen molar-refractivity contribution in [1.29, 1.82) is 0 Å². The average Bonchev–Trinajstić information content (AvgIpc) is 3.07. The molecular weight excluding hydrogens is 370 g/mol. The fourth-order valence-corrected chi connectivity index (χ4v) is 2.25. The van der Waals surface area contributed by atoms with Gasteiger partial charge >= 0.3 is 5.97 Å². The number of hydrogen-bond donors (Lipinski definition) is 1. The van der Waals surface area contributed by atoms with Crippen molar-refractivity contribution in [3.05, 3.63) is 59.8 Å². The molecule has 1 aromatic carbocycles. The highest BCUT2D eigenvalue weighted by Crippen LogP contribution is 2.24. The van der Waals surface area contributed by atoms with Crippen LogP contribution in [-0.2, 0) is 11.4 Å². The standard InChI is InChI=1S/C21H25NO5.C2H2/c1-6-8-15(7-2)19-22-18(14(3)26-19)13-25-16-9-11-17(12-10-16)27-21(4,5)20(23)24;1-2/h6-12H,13H2,1-5H3,(H,23,24);1-2H/b8-6-,15-7+;. The Kier molecular flexibility index (Phi) is 8.75. The van der Waals surface area contributed by atoms with Crippen LogP contribution in [-0.4, -0.2) is 21.7 Å². The molecule has 0 saturated carbocycles. The molecule has 0 fully saturated rings. The summed E-state index contributed by atoms with van der Waals surface area (Å²) in [6.07, 6.45) is 13.8. The molecule has 0 aliphatic rings. The Labute approximate surface area is 171 Å². The van der Waals surface area contributed by atoms with E-state index in [0.29, 0.717) is 23.1 Å². The summed E-state index contributed by atoms with van der Waals surface area (Å²) in [5.41, 5.74) is 0.337. The fraction of sp³-hybridized carbons (Fsp3) is 0.304. The molecule has 0 aliphatic carbocycles. The number of aliphatic carboxylic acids is 1. The van der Waals surface area contributed by atoms with Gasteiger partial charge in [-0.1, -0.05) is 18.2 Å². The molecule has 0 saturated heterocycles. The van der Waals surface area contributed by atoms with E-state index >= 15 is 0 Å². The van der Waals surface area contributed by atoms with Gasteiger partial charge in [0.25, 0.3) is 0 Å². The first kappa shape index (κ1) is 23.6. The van der Waals surface area contributed by atoms with Gasteiger partial charge in [-0.2, -0.15) is 0 Å². The lowest BCUT2D eigenvalue weighted by molar-refractivity contribution is -0.152. The summed E-state index contributed by atoms with van der Waals surface area (Å²) >= 11 is 0. The van der Waals surface area contributed by atoms with Crippen LogP contribution >= 0.6 is 0 Å². The first-order valence-electron chi connectivity index (χ1n) is 9.01. The molecule has 6 nitrogen and oxygen atoms in total. The zero-order valence-corrected chi connectivity index (χ0v) is 17.4. The molecule has 1 heterocycles. The number of rotatable bonds is 8. The van der Waals surface area contributed by atoms with Crippen LogP contribution in [0, 0.1) is 19.8 Å². The van der Waals surface area contributed by atoms with Crippen molar-refractivity contribution < 1.29 is 23.8 Å². The predicted molar refractivity (Wildman–Crippen MR) is 113 cm³/mol. The number of aromatic nitrogens is 1. The molecular formula is C23H27NO5. The third-order valence-corrected chi connectivity index (χ3v) is 3.88. The van der Waals surface area contributed by atoms with Crippen molar-refractivity contribution in [2.75, 3.05) is 0 Å². The maximum absolute atomic E-state index is 11.1. The Morgan fingerprint density at radius 1 is 1.21 bits per heavy atom. The fourth-order valence-electron chi connectivity index (χ4n) is 2.25. The first-order valence-corrected chi connectivity index (χ1v) is 9.01. The highest BCUT2D eigenvalue weighted by atomic mass is 16.5. The number of aryl methyl sites for hydroxylation is 1. The number of terminal acetylenes is 1. The Morgan fingerprint density at radius 2 is 1.79 bits per heavy atom. The second-order valence-electron chi connectivity index (χ2n) is 6.44. The van der Waals surface area contributed by atoms with Crippen LogP contribution in [0.1, 0.15) is 45.0 Å². The molecule has 0 atom stereocenters. The number of nitrogens with zero attached hydrogens (tertiary/aromatic N) is 1. The molecule has 29 heavy (non-hydrogen) atoms. The zero-order valence-electron chi connectivity index (χ0n) is 17.4. The summed E-state index contributed by atoms with van der Waals surface area (Å²) in [6.45, 7) is 8.98. The number of oxazole rings is 1. The molecule has 6 heteroatoms. The van der Waals surface area contributed by atoms with Crippen molar-refractivity contribution in [3.63, 3.8) is 0 Å². The monoisotopic (exact) mass is 397 g/mol. The van der Waals surface area contributed by atoms with E-state index in [0.717, 1.165) is 11.3 Å². The van der Waals surface area contributed by atoms with Gasteiger partial charge in [0.15, 0.2) is 5.60 Å². The van der Waals surface area contributed by atoms with Gasteiger partial charge in [0.2, 0.25) is 5.89 Å². The summed E-state index contributed by atoms with van der Waals surface area (Å²) in [4.78, 5) is 15.6. The van der Waals surface area contributed by atoms with Crippen molar-refractivity contribution in [1.82, 2.24) is 4.98 Å². The number of carboxylic acid groups (broad SMARTS) is 1. The molecule has 0 unspecified atom stereocenters. The van der Waals surface area contributed by atoms with Crippen LogP contribution in [0.15, 0.2) is 46.9 Å². The highest BCUT2D eigenvalue weighted by molar-refractivity contribution is 5.76. The van der Waals surface area contributed by atoms with E-state index in [1.54, 1.807) is 24.3 Å². The van der Waals surface area contributed by atoms with Crippen molar-refractivity contribution in [2.24, 2.45) is 0 Å². The maximum atomic E-state index is 11.1. The first-order chi connectivity index (χ1) is 13.8. The number of carbonyl (C=O) groups is 1. The maximum Gasteiger partial charge on any atom is 0.347 e. The molecule has 154 valence electrons. The van der Waals surface area contributed by atoms with E-state index in [2.05, 4.69) is 17.8 Å². The van der Waals surface area contributed by atoms with E-state index < -0.39 is 11.6 Å². The smallest absolute Gasteiger partial charge is 0.347 e. The van der Waals surface area contributed by atoms with Crippen LogP contribution in [0.3, 0.4) is 0 Å². The van der Waals surface area contributed by atoms with E-state index in [-0.39, 0.29) is 6.61 Å². The SMILES string of the molecule is C#C.C/C=C\C(=C/C)c1nc(COc2ccc(OC(C)(C)C(=O)O)cc2)c(C)o1. The molecule has 2 aromatic rings. The minimum atomic E-state index is -1.30. The van der Waals surface area contributed by atoms with Crippen LogP contribution in [0.2, 0.25) is 0 Å². The quantitative estimate of drug-likeness (QED) is 0.497. The summed E-state index contributed by atoms with van der Waals surface area (Å²) in [7, 11) is 0. The topological polar surface area (TPSA) is 81.8 Å². The molecule has 0 amide bonds. The number of allylic oxidation sites excluding steroid dienone is 4. The summed E-state index contributed by atoms with van der Waals surface area (Å²) < 4.78 is 16.9. The summed E-state index contributed by atoms with van der Waals surface area (Å²) in [5, 5.41) is 9.11. The summed E-state index contributed by atoms with van der Waals surface area (Å²) in [5.74, 6) is 1.32. The van der Waals surface area contributed by atoms with Crippen LogP contribution in [0.25, 0.3) is 5.57 Å². The van der Waals surface area contributed by atoms with Gasteiger partial charge in [-0.3, -0.25) is 0 Å². The van der Waals surface area contributed by atoms with Crippen molar-refractivity contribution in [3.8, 4) is 24.3 Å². The van der Waals surface area contributed by atoms with E-state index in [1.165, 1.54) is 13.8 Å². The second kappa shape index (κ2) is 10.8. The normalized spacial score (nSPS) is 11.6. The molecule has 0 spiro atoms. The van der Waals surface area contributed by atoms with E-state index in [4.69, 9.17) is 19.0 Å². The van der Waals surface area contributed by atoms with Crippen molar-refractivity contribution >= 4 is 11.5 Å². The van der Waals surface area contributed by atoms with Crippen molar-refractivity contribution in [2.45, 2.75) is 46.8 Å². The van der Waals surface area contributed by atoms with Gasteiger partial charge in [-0.25, -0.2) is 9.78 Å². The molecule has 1 N–H and O–H groups in total. The van der Waals surface area contributed by atoms with Gasteiger partial charge < -0.3 is 19.0 Å². The predicted octanol–water partition coefficient (Wildman–Crippen LogP) is 5.03. The van der Waals surface area contributed by atoms with Crippen LogP contribution < -0.4 is 9.47 Å². The molecule has 1 aromatic heterocycles. The summed E-state index contributed by atoms with van der Waals surface area (Å²) in [6, 6.07) is 6.79. The number of carboxylic acids is 1. The number of benzene rings is 1. The largest absolute Gasteiger partial charge is 0.487 e. The molecule has 0 radical (unpaired) electrons. The molecule has 0 aliphatic heterocycles. The Hall–Kier alpha value is -3.46. The lowest BCUT2D eigenvalue weighted by atomic mass is 10.1. The molecule has 2 rings (SSSR count). The minimum absolute atomic E-state index is 0.267. The van der Waals surface area contributed by atoms with Gasteiger partial charge in [0, 0.05) is 5.57 Å².